The molecule has 0 aliphatic rings. The number of rotatable bonds is 5. The van der Waals surface area contributed by atoms with Crippen molar-refractivity contribution in [3.05, 3.63) is 70.3 Å². The molecule has 0 atom stereocenters. The van der Waals surface area contributed by atoms with E-state index < -0.39 is 0 Å². The van der Waals surface area contributed by atoms with Gasteiger partial charge >= 0.3 is 0 Å². The van der Waals surface area contributed by atoms with Gasteiger partial charge in [-0.15, -0.1) is 0 Å². The molecule has 5 heteroatoms. The first kappa shape index (κ1) is 15.8. The molecule has 118 valence electrons. The number of carbonyl (C=O) groups is 1. The van der Waals surface area contributed by atoms with Gasteiger partial charge in [-0.25, -0.2) is 0 Å². The van der Waals surface area contributed by atoms with Crippen molar-refractivity contribution >= 4 is 32.7 Å². The van der Waals surface area contributed by atoms with Crippen molar-refractivity contribution in [2.45, 2.75) is 6.54 Å². The van der Waals surface area contributed by atoms with Crippen LogP contribution in [0.25, 0.3) is 10.9 Å². The fraction of sp³-hybridized carbons (Fsp3) is 0.167. The van der Waals surface area contributed by atoms with Crippen LogP contribution < -0.4 is 0 Å². The molecule has 0 bridgehead atoms. The van der Waals surface area contributed by atoms with E-state index in [1.807, 2.05) is 54.6 Å². The summed E-state index contributed by atoms with van der Waals surface area (Å²) in [4.78, 5) is 17.6. The summed E-state index contributed by atoms with van der Waals surface area (Å²) in [6.45, 7) is 0.705. The number of aromatic amines is 1. The van der Waals surface area contributed by atoms with E-state index in [9.17, 15) is 9.90 Å². The molecule has 2 aromatic carbocycles. The van der Waals surface area contributed by atoms with E-state index in [-0.39, 0.29) is 12.5 Å². The first-order chi connectivity index (χ1) is 11.2. The molecule has 0 saturated heterocycles. The van der Waals surface area contributed by atoms with Crippen LogP contribution in [0.5, 0.6) is 0 Å². The molecular formula is C18H17BrN2O2. The summed E-state index contributed by atoms with van der Waals surface area (Å²) >= 11 is 3.43. The van der Waals surface area contributed by atoms with Crippen LogP contribution >= 0.6 is 15.9 Å². The van der Waals surface area contributed by atoms with Gasteiger partial charge in [-0.2, -0.15) is 0 Å². The quantitative estimate of drug-likeness (QED) is 0.719. The lowest BCUT2D eigenvalue weighted by molar-refractivity contribution is 0.0703. The maximum atomic E-state index is 12.8. The van der Waals surface area contributed by atoms with Crippen molar-refractivity contribution in [1.29, 1.82) is 0 Å². The van der Waals surface area contributed by atoms with E-state index in [1.165, 1.54) is 0 Å². The van der Waals surface area contributed by atoms with Crippen LogP contribution in [0.3, 0.4) is 0 Å². The van der Waals surface area contributed by atoms with Gasteiger partial charge in [0.05, 0.1) is 6.61 Å². The molecular weight excluding hydrogens is 356 g/mol. The van der Waals surface area contributed by atoms with E-state index in [0.717, 1.165) is 20.9 Å². The molecule has 1 aromatic heterocycles. The van der Waals surface area contributed by atoms with Gasteiger partial charge in [0.15, 0.2) is 0 Å². The third-order valence-electron chi connectivity index (χ3n) is 3.69. The summed E-state index contributed by atoms with van der Waals surface area (Å²) in [6.07, 6.45) is 0. The van der Waals surface area contributed by atoms with Gasteiger partial charge in [0.25, 0.3) is 5.91 Å². The number of hydrogen-bond donors (Lipinski definition) is 2. The van der Waals surface area contributed by atoms with Crippen LogP contribution in [-0.2, 0) is 6.54 Å². The maximum Gasteiger partial charge on any atom is 0.270 e. The number of nitrogens with one attached hydrogen (secondary N) is 1. The number of aromatic nitrogens is 1. The summed E-state index contributed by atoms with van der Waals surface area (Å²) in [6, 6.07) is 17.5. The van der Waals surface area contributed by atoms with Gasteiger partial charge in [0.2, 0.25) is 0 Å². The zero-order valence-electron chi connectivity index (χ0n) is 12.5. The highest BCUT2D eigenvalue weighted by Gasteiger charge is 2.18. The van der Waals surface area contributed by atoms with Crippen molar-refractivity contribution in [3.8, 4) is 0 Å². The van der Waals surface area contributed by atoms with Gasteiger partial charge in [0.1, 0.15) is 5.69 Å². The van der Waals surface area contributed by atoms with Crippen molar-refractivity contribution in [2.24, 2.45) is 0 Å². The number of carbonyl (C=O) groups excluding carboxylic acids is 1. The summed E-state index contributed by atoms with van der Waals surface area (Å²) in [7, 11) is 0. The second-order valence-electron chi connectivity index (χ2n) is 5.35. The fourth-order valence-electron chi connectivity index (χ4n) is 2.56. The fourth-order valence-corrected chi connectivity index (χ4v) is 2.92. The van der Waals surface area contributed by atoms with Gasteiger partial charge in [-0.1, -0.05) is 52.3 Å². The monoisotopic (exact) mass is 372 g/mol. The number of H-pyrrole nitrogens is 1. The maximum absolute atomic E-state index is 12.8. The molecule has 2 N–H and O–H groups in total. The van der Waals surface area contributed by atoms with E-state index in [2.05, 4.69) is 20.9 Å². The first-order valence-electron chi connectivity index (χ1n) is 7.40. The molecule has 3 rings (SSSR count). The highest BCUT2D eigenvalue weighted by molar-refractivity contribution is 9.10. The highest BCUT2D eigenvalue weighted by Crippen LogP contribution is 2.21. The lowest BCUT2D eigenvalue weighted by Gasteiger charge is -2.21. The number of halogens is 1. The Morgan fingerprint density at radius 2 is 1.91 bits per heavy atom. The van der Waals surface area contributed by atoms with Crippen LogP contribution in [0.2, 0.25) is 0 Å². The third-order valence-corrected chi connectivity index (χ3v) is 4.18. The van der Waals surface area contributed by atoms with Gasteiger partial charge in [-0.05, 0) is 23.8 Å². The second kappa shape index (κ2) is 6.98. The smallest absolute Gasteiger partial charge is 0.270 e. The van der Waals surface area contributed by atoms with E-state index in [0.29, 0.717) is 18.8 Å². The Hall–Kier alpha value is -2.11. The van der Waals surface area contributed by atoms with E-state index >= 15 is 0 Å². The lowest BCUT2D eigenvalue weighted by atomic mass is 10.2. The van der Waals surface area contributed by atoms with Gasteiger partial charge in [-0.3, -0.25) is 4.79 Å². The minimum Gasteiger partial charge on any atom is -0.395 e. The number of amides is 1. The van der Waals surface area contributed by atoms with Gasteiger partial charge in [0, 0.05) is 28.5 Å². The Morgan fingerprint density at radius 3 is 2.65 bits per heavy atom. The molecule has 0 fully saturated rings. The lowest BCUT2D eigenvalue weighted by Crippen LogP contribution is -2.33. The van der Waals surface area contributed by atoms with Crippen molar-refractivity contribution < 1.29 is 9.90 Å². The van der Waals surface area contributed by atoms with Crippen molar-refractivity contribution in [2.75, 3.05) is 13.2 Å². The van der Waals surface area contributed by atoms with Crippen molar-refractivity contribution in [1.82, 2.24) is 9.88 Å². The minimum atomic E-state index is -0.116. The largest absolute Gasteiger partial charge is 0.395 e. The number of aliphatic hydroxyl groups is 1. The Balaban J connectivity index is 1.87. The molecule has 0 saturated carbocycles. The van der Waals surface area contributed by atoms with Crippen LogP contribution in [0.4, 0.5) is 0 Å². The minimum absolute atomic E-state index is 0.0651. The zero-order chi connectivity index (χ0) is 16.2. The molecule has 3 aromatic rings. The Labute approximate surface area is 142 Å². The SMILES string of the molecule is O=C(c1cc2ccc(Br)cc2[nH]1)N(CCO)Cc1ccccc1. The number of fused-ring (bicyclic) bond motifs is 1. The molecule has 23 heavy (non-hydrogen) atoms. The topological polar surface area (TPSA) is 56.3 Å². The standard InChI is InChI=1S/C18H17BrN2O2/c19-15-7-6-14-10-17(20-16(14)11-15)18(23)21(8-9-22)12-13-4-2-1-3-5-13/h1-7,10-11,20,22H,8-9,12H2. The average Bonchev–Trinajstić information content (AvgIpc) is 2.98. The number of aliphatic hydroxyl groups excluding tert-OH is 1. The van der Waals surface area contributed by atoms with Crippen molar-refractivity contribution in [3.63, 3.8) is 0 Å². The first-order valence-corrected chi connectivity index (χ1v) is 8.19. The van der Waals surface area contributed by atoms with Crippen LogP contribution in [-0.4, -0.2) is 34.0 Å². The number of hydrogen-bond acceptors (Lipinski definition) is 2. The summed E-state index contributed by atoms with van der Waals surface area (Å²) < 4.78 is 0.961. The third kappa shape index (κ3) is 3.63. The van der Waals surface area contributed by atoms with E-state index in [1.54, 1.807) is 4.90 Å². The summed E-state index contributed by atoms with van der Waals surface area (Å²) in [5, 5.41) is 10.3. The van der Waals surface area contributed by atoms with Crippen LogP contribution in [0, 0.1) is 0 Å². The van der Waals surface area contributed by atoms with Crippen LogP contribution in [0.15, 0.2) is 59.1 Å². The molecule has 0 unspecified atom stereocenters. The summed E-state index contributed by atoms with van der Waals surface area (Å²) in [5.41, 5.74) is 2.47. The summed E-state index contributed by atoms with van der Waals surface area (Å²) in [5.74, 6) is -0.116. The molecule has 4 nitrogen and oxygen atoms in total. The number of nitrogens with zero attached hydrogens (tertiary/aromatic N) is 1. The molecule has 0 aliphatic heterocycles. The predicted octanol–water partition coefficient (Wildman–Crippen LogP) is 3.57. The molecule has 1 amide bonds. The molecule has 0 spiro atoms. The normalized spacial score (nSPS) is 10.9. The molecule has 0 radical (unpaired) electrons. The highest BCUT2D eigenvalue weighted by atomic mass is 79.9. The van der Waals surface area contributed by atoms with Gasteiger partial charge < -0.3 is 15.0 Å². The predicted molar refractivity (Wildman–Crippen MR) is 94.3 cm³/mol. The van der Waals surface area contributed by atoms with E-state index in [4.69, 9.17) is 0 Å². The number of benzene rings is 2. The second-order valence-corrected chi connectivity index (χ2v) is 6.27. The molecule has 1 heterocycles. The Bertz CT molecular complexity index is 814. The van der Waals surface area contributed by atoms with Crippen LogP contribution in [0.1, 0.15) is 16.1 Å². The average molecular weight is 373 g/mol. The Kier molecular flexibility index (Phi) is 4.79. The zero-order valence-corrected chi connectivity index (χ0v) is 14.1. The molecule has 0 aliphatic carbocycles. The Morgan fingerprint density at radius 1 is 1.13 bits per heavy atom.